The normalized spacial score (nSPS) is 11.3. The van der Waals surface area contributed by atoms with Crippen LogP contribution in [0.15, 0.2) is 97.1 Å². The Hall–Kier alpha value is -5.03. The number of nitrogens with zero attached hydrogens (tertiary/aromatic N) is 1. The van der Waals surface area contributed by atoms with Crippen molar-refractivity contribution in [3.05, 3.63) is 137 Å². The van der Waals surface area contributed by atoms with E-state index in [-0.39, 0.29) is 11.1 Å². The van der Waals surface area contributed by atoms with Gasteiger partial charge >= 0.3 is 6.11 Å². The molecule has 45 heavy (non-hydrogen) atoms. The molecule has 2 nitrogen and oxygen atoms in total. The van der Waals surface area contributed by atoms with E-state index in [2.05, 4.69) is 35.9 Å². The lowest BCUT2D eigenvalue weighted by Gasteiger charge is -2.20. The van der Waals surface area contributed by atoms with Gasteiger partial charge in [0.25, 0.3) is 0 Å². The summed E-state index contributed by atoms with van der Waals surface area (Å²) >= 11 is 0. The first kappa shape index (κ1) is 31.4. The summed E-state index contributed by atoms with van der Waals surface area (Å²) < 4.78 is 92.8. The summed E-state index contributed by atoms with van der Waals surface area (Å²) in [6.45, 7) is 2.17. The largest absolute Gasteiger partial charge is 0.432 e. The third-order valence-electron chi connectivity index (χ3n) is 7.49. The van der Waals surface area contributed by atoms with Crippen molar-refractivity contribution in [2.24, 2.45) is 0 Å². The molecule has 0 amide bonds. The third kappa shape index (κ3) is 7.04. The summed E-state index contributed by atoms with van der Waals surface area (Å²) in [4.78, 5) is 0. The van der Waals surface area contributed by atoms with Gasteiger partial charge in [0, 0.05) is 11.6 Å². The first-order chi connectivity index (χ1) is 21.6. The highest BCUT2D eigenvalue weighted by molar-refractivity contribution is 5.74. The third-order valence-corrected chi connectivity index (χ3v) is 7.49. The highest BCUT2D eigenvalue weighted by atomic mass is 19.3. The minimum Gasteiger partial charge on any atom is -0.429 e. The smallest absolute Gasteiger partial charge is 0.429 e. The zero-order valence-electron chi connectivity index (χ0n) is 24.2. The van der Waals surface area contributed by atoms with E-state index < -0.39 is 46.3 Å². The molecule has 8 heteroatoms. The van der Waals surface area contributed by atoms with Crippen LogP contribution in [0.4, 0.5) is 26.3 Å². The number of nitriles is 1. The van der Waals surface area contributed by atoms with Crippen molar-refractivity contribution in [1.29, 1.82) is 5.26 Å². The Labute approximate surface area is 257 Å². The molecule has 5 aromatic rings. The average molecular weight is 616 g/mol. The van der Waals surface area contributed by atoms with Gasteiger partial charge in [-0.3, -0.25) is 0 Å². The Morgan fingerprint density at radius 2 is 1.18 bits per heavy atom. The number of alkyl halides is 2. The van der Waals surface area contributed by atoms with Gasteiger partial charge in [0.05, 0.1) is 5.56 Å². The van der Waals surface area contributed by atoms with Crippen LogP contribution in [0.3, 0.4) is 0 Å². The summed E-state index contributed by atoms with van der Waals surface area (Å²) in [5.41, 5.74) is 1.92. The van der Waals surface area contributed by atoms with E-state index in [1.807, 2.05) is 24.3 Å². The summed E-state index contributed by atoms with van der Waals surface area (Å²) in [6, 6.07) is 25.0. The van der Waals surface area contributed by atoms with E-state index in [9.17, 15) is 22.0 Å². The van der Waals surface area contributed by atoms with Crippen molar-refractivity contribution in [2.75, 3.05) is 0 Å². The first-order valence-corrected chi connectivity index (χ1v) is 14.3. The number of rotatable bonds is 10. The Bertz CT molecular complexity index is 1840. The molecule has 0 atom stereocenters. The fourth-order valence-electron chi connectivity index (χ4n) is 5.08. The van der Waals surface area contributed by atoms with E-state index in [1.165, 1.54) is 36.6 Å². The van der Waals surface area contributed by atoms with Crippen molar-refractivity contribution < 1.29 is 31.1 Å². The van der Waals surface area contributed by atoms with Gasteiger partial charge in [-0.25, -0.2) is 17.6 Å². The Morgan fingerprint density at radius 1 is 0.622 bits per heavy atom. The highest BCUT2D eigenvalue weighted by Crippen LogP contribution is 2.38. The molecule has 0 fully saturated rings. The minimum atomic E-state index is -4.54. The van der Waals surface area contributed by atoms with Crippen LogP contribution in [0.1, 0.15) is 42.9 Å². The van der Waals surface area contributed by atoms with Gasteiger partial charge in [-0.2, -0.15) is 14.0 Å². The Kier molecular flexibility index (Phi) is 9.29. The number of halogens is 6. The highest BCUT2D eigenvalue weighted by Gasteiger charge is 2.41. The van der Waals surface area contributed by atoms with Gasteiger partial charge in [0.1, 0.15) is 40.7 Å². The topological polar surface area (TPSA) is 33.0 Å². The van der Waals surface area contributed by atoms with Crippen LogP contribution in [0.25, 0.3) is 33.4 Å². The maximum Gasteiger partial charge on any atom is 0.432 e. The predicted molar refractivity (Wildman–Crippen MR) is 161 cm³/mol. The number of aryl methyl sites for hydroxylation is 1. The standard InChI is InChI=1S/C37H27F6NO/c1-2-3-4-5-23-6-8-24(9-7-23)25-10-12-26(13-11-25)27-15-17-31(33(39)18-27)29-19-34(40)36(35(41)20-29)37(42,43)45-30-16-14-28(22-44)32(38)21-30/h6-21H,2-5H2,1H3. The molecule has 0 saturated heterocycles. The van der Waals surface area contributed by atoms with Crippen LogP contribution in [0, 0.1) is 34.6 Å². The number of benzene rings is 5. The van der Waals surface area contributed by atoms with Crippen LogP contribution in [0.2, 0.25) is 0 Å². The molecular weight excluding hydrogens is 588 g/mol. The molecule has 0 N–H and O–H groups in total. The number of ether oxygens (including phenoxy) is 1. The Balaban J connectivity index is 1.34. The van der Waals surface area contributed by atoms with E-state index in [0.717, 1.165) is 36.1 Å². The zero-order valence-corrected chi connectivity index (χ0v) is 24.2. The van der Waals surface area contributed by atoms with E-state index >= 15 is 4.39 Å². The van der Waals surface area contributed by atoms with Crippen molar-refractivity contribution in [3.8, 4) is 45.2 Å². The molecule has 0 bridgehead atoms. The van der Waals surface area contributed by atoms with Gasteiger partial charge < -0.3 is 4.74 Å². The summed E-state index contributed by atoms with van der Waals surface area (Å²) in [7, 11) is 0. The molecular formula is C37H27F6NO. The lowest BCUT2D eigenvalue weighted by Crippen LogP contribution is -2.25. The van der Waals surface area contributed by atoms with Crippen molar-refractivity contribution in [2.45, 2.75) is 38.7 Å². The van der Waals surface area contributed by atoms with Gasteiger partial charge in [-0.1, -0.05) is 80.4 Å². The maximum atomic E-state index is 15.2. The summed E-state index contributed by atoms with van der Waals surface area (Å²) in [5, 5.41) is 8.78. The average Bonchev–Trinajstić information content (AvgIpc) is 3.01. The monoisotopic (exact) mass is 615 g/mol. The first-order valence-electron chi connectivity index (χ1n) is 14.3. The van der Waals surface area contributed by atoms with E-state index in [4.69, 9.17) is 5.26 Å². The van der Waals surface area contributed by atoms with Gasteiger partial charge in [-0.05, 0) is 76.6 Å². The second-order valence-corrected chi connectivity index (χ2v) is 10.6. The van der Waals surface area contributed by atoms with Crippen molar-refractivity contribution >= 4 is 0 Å². The summed E-state index contributed by atoms with van der Waals surface area (Å²) in [6.07, 6.45) is 0.0293. The number of hydrogen-bond donors (Lipinski definition) is 0. The number of hydrogen-bond acceptors (Lipinski definition) is 2. The van der Waals surface area contributed by atoms with Crippen molar-refractivity contribution in [1.82, 2.24) is 0 Å². The number of unbranched alkanes of at least 4 members (excludes halogenated alkanes) is 2. The molecule has 0 spiro atoms. The van der Waals surface area contributed by atoms with Gasteiger partial charge in [0.2, 0.25) is 0 Å². The second kappa shape index (κ2) is 13.3. The molecule has 0 heterocycles. The fraction of sp³-hybridized carbons (Fsp3) is 0.162. The quantitative estimate of drug-likeness (QED) is 0.116. The molecule has 0 aliphatic rings. The lowest BCUT2D eigenvalue weighted by molar-refractivity contribution is -0.189. The summed E-state index contributed by atoms with van der Waals surface area (Å²) in [5.74, 6) is -6.06. The fourth-order valence-corrected chi connectivity index (χ4v) is 5.08. The van der Waals surface area contributed by atoms with Crippen LogP contribution in [-0.4, -0.2) is 0 Å². The molecule has 0 saturated carbocycles. The van der Waals surface area contributed by atoms with E-state index in [0.29, 0.717) is 29.3 Å². The minimum absolute atomic E-state index is 0.197. The Morgan fingerprint density at radius 3 is 1.73 bits per heavy atom. The molecule has 5 rings (SSSR count). The predicted octanol–water partition coefficient (Wildman–Crippen LogP) is 11.0. The SMILES string of the molecule is CCCCCc1ccc(-c2ccc(-c3ccc(-c4cc(F)c(C(F)(F)Oc5ccc(C#N)c(F)c5)c(F)c4)c(F)c3)cc2)cc1. The lowest BCUT2D eigenvalue weighted by atomic mass is 9.96. The van der Waals surface area contributed by atoms with Crippen LogP contribution < -0.4 is 4.74 Å². The van der Waals surface area contributed by atoms with Gasteiger partial charge in [0.15, 0.2) is 0 Å². The molecule has 0 radical (unpaired) electrons. The molecule has 0 unspecified atom stereocenters. The molecule has 0 aliphatic heterocycles. The van der Waals surface area contributed by atoms with E-state index in [1.54, 1.807) is 6.07 Å². The molecule has 0 aliphatic carbocycles. The second-order valence-electron chi connectivity index (χ2n) is 10.6. The zero-order chi connectivity index (χ0) is 32.1. The van der Waals surface area contributed by atoms with Crippen LogP contribution >= 0.6 is 0 Å². The maximum absolute atomic E-state index is 15.2. The van der Waals surface area contributed by atoms with Crippen molar-refractivity contribution in [3.63, 3.8) is 0 Å². The molecule has 0 aromatic heterocycles. The van der Waals surface area contributed by atoms with Crippen LogP contribution in [0.5, 0.6) is 5.75 Å². The molecule has 228 valence electrons. The van der Waals surface area contributed by atoms with Crippen LogP contribution in [-0.2, 0) is 12.5 Å². The molecule has 5 aromatic carbocycles. The van der Waals surface area contributed by atoms with Gasteiger partial charge in [-0.15, -0.1) is 0 Å².